The van der Waals surface area contributed by atoms with Crippen molar-refractivity contribution in [2.45, 2.75) is 0 Å². The van der Waals surface area contributed by atoms with E-state index in [-0.39, 0.29) is 11.3 Å². The minimum absolute atomic E-state index is 0.0231. The van der Waals surface area contributed by atoms with E-state index < -0.39 is 10.8 Å². The Morgan fingerprint density at radius 1 is 1.09 bits per heavy atom. The number of hydrogen-bond donors (Lipinski definition) is 1. The number of primary amides is 1. The summed E-state index contributed by atoms with van der Waals surface area (Å²) in [6, 6.07) is 20.5. The first-order chi connectivity index (χ1) is 15.5. The number of furan rings is 1. The van der Waals surface area contributed by atoms with E-state index in [1.807, 2.05) is 30.3 Å². The molecule has 0 saturated carbocycles. The highest BCUT2D eigenvalue weighted by molar-refractivity contribution is 6.01. The highest BCUT2D eigenvalue weighted by atomic mass is 16.6. The van der Waals surface area contributed by atoms with Gasteiger partial charge in [0.05, 0.1) is 10.6 Å². The number of carbonyl (C=O) groups is 1. The second kappa shape index (κ2) is 8.41. The number of nitro benzene ring substituents is 1. The van der Waals surface area contributed by atoms with Crippen LogP contribution in [0.4, 0.5) is 5.69 Å². The lowest BCUT2D eigenvalue weighted by Crippen LogP contribution is -2.12. The zero-order valence-electron chi connectivity index (χ0n) is 16.5. The molecule has 0 atom stereocenters. The van der Waals surface area contributed by atoms with Crippen molar-refractivity contribution in [2.75, 3.05) is 0 Å². The highest BCUT2D eigenvalue weighted by Crippen LogP contribution is 2.32. The van der Waals surface area contributed by atoms with E-state index in [1.165, 1.54) is 18.2 Å². The summed E-state index contributed by atoms with van der Waals surface area (Å²) in [5.41, 5.74) is 7.33. The molecule has 0 spiro atoms. The van der Waals surface area contributed by atoms with Crippen LogP contribution in [0, 0.1) is 21.4 Å². The third-order valence-electron chi connectivity index (χ3n) is 4.65. The standard InChI is InChI=1S/C23H15N5O4/c24-13-16(23(25)29)12-17-14-27(18-4-2-1-3-5-18)26-22(17)21-11-10-20(32-21)15-6-8-19(9-7-15)28(30)31/h1-12,14H,(H2,25,29). The minimum Gasteiger partial charge on any atom is -0.454 e. The van der Waals surface area contributed by atoms with Gasteiger partial charge in [-0.05, 0) is 42.5 Å². The smallest absolute Gasteiger partial charge is 0.269 e. The molecule has 9 heteroatoms. The number of nitrogens with two attached hydrogens (primary N) is 1. The summed E-state index contributed by atoms with van der Waals surface area (Å²) < 4.78 is 7.55. The second-order valence-electron chi connectivity index (χ2n) is 6.72. The van der Waals surface area contributed by atoms with Crippen LogP contribution in [0.3, 0.4) is 0 Å². The van der Waals surface area contributed by atoms with Gasteiger partial charge < -0.3 is 10.2 Å². The summed E-state index contributed by atoms with van der Waals surface area (Å²) in [6.45, 7) is 0. The van der Waals surface area contributed by atoms with Crippen LogP contribution >= 0.6 is 0 Å². The molecule has 2 aromatic carbocycles. The number of rotatable bonds is 6. The van der Waals surface area contributed by atoms with Crippen molar-refractivity contribution in [1.29, 1.82) is 5.26 Å². The zero-order chi connectivity index (χ0) is 22.7. The van der Waals surface area contributed by atoms with Crippen LogP contribution in [0.25, 0.3) is 34.5 Å². The van der Waals surface area contributed by atoms with Crippen LogP contribution in [0.1, 0.15) is 5.56 Å². The Balaban J connectivity index is 1.79. The molecule has 1 amide bonds. The Hall–Kier alpha value is -4.97. The number of aromatic nitrogens is 2. The largest absolute Gasteiger partial charge is 0.454 e. The first kappa shape index (κ1) is 20.3. The van der Waals surface area contributed by atoms with E-state index in [0.717, 1.165) is 5.69 Å². The summed E-state index contributed by atoms with van der Waals surface area (Å²) in [7, 11) is 0. The van der Waals surface area contributed by atoms with Gasteiger partial charge in [-0.1, -0.05) is 18.2 Å². The summed E-state index contributed by atoms with van der Waals surface area (Å²) in [4.78, 5) is 21.9. The molecule has 0 radical (unpaired) electrons. The molecule has 0 aliphatic carbocycles. The molecule has 32 heavy (non-hydrogen) atoms. The van der Waals surface area contributed by atoms with Gasteiger partial charge in [0.25, 0.3) is 11.6 Å². The molecular weight excluding hydrogens is 410 g/mol. The molecule has 156 valence electrons. The van der Waals surface area contributed by atoms with Crippen LogP contribution in [0.2, 0.25) is 0 Å². The minimum atomic E-state index is -0.850. The van der Waals surface area contributed by atoms with E-state index in [9.17, 15) is 20.2 Å². The van der Waals surface area contributed by atoms with Gasteiger partial charge in [-0.2, -0.15) is 10.4 Å². The molecule has 0 unspecified atom stereocenters. The van der Waals surface area contributed by atoms with Crippen molar-refractivity contribution in [3.8, 4) is 34.5 Å². The third-order valence-corrected chi connectivity index (χ3v) is 4.65. The Bertz CT molecular complexity index is 1380. The van der Waals surface area contributed by atoms with Gasteiger partial charge in [-0.15, -0.1) is 0 Å². The Labute approximate surface area is 181 Å². The van der Waals surface area contributed by atoms with Gasteiger partial charge in [0, 0.05) is 29.5 Å². The van der Waals surface area contributed by atoms with Crippen LogP contribution in [-0.2, 0) is 4.79 Å². The van der Waals surface area contributed by atoms with Crippen molar-refractivity contribution >= 4 is 17.7 Å². The number of nitro groups is 1. The lowest BCUT2D eigenvalue weighted by atomic mass is 10.1. The topological polar surface area (TPSA) is 141 Å². The molecule has 0 saturated heterocycles. The predicted octanol–water partition coefficient (Wildman–Crippen LogP) is 4.10. The monoisotopic (exact) mass is 425 g/mol. The van der Waals surface area contributed by atoms with E-state index in [4.69, 9.17) is 10.2 Å². The molecule has 4 rings (SSSR count). The van der Waals surface area contributed by atoms with E-state index >= 15 is 0 Å². The predicted molar refractivity (Wildman–Crippen MR) is 116 cm³/mol. The van der Waals surface area contributed by atoms with E-state index in [1.54, 1.807) is 41.2 Å². The van der Waals surface area contributed by atoms with Crippen molar-refractivity contribution in [1.82, 2.24) is 9.78 Å². The van der Waals surface area contributed by atoms with Crippen molar-refractivity contribution in [3.63, 3.8) is 0 Å². The van der Waals surface area contributed by atoms with Gasteiger partial charge >= 0.3 is 0 Å². The lowest BCUT2D eigenvalue weighted by Gasteiger charge is -1.99. The number of nitriles is 1. The maximum absolute atomic E-state index is 11.6. The van der Waals surface area contributed by atoms with E-state index in [0.29, 0.717) is 28.3 Å². The van der Waals surface area contributed by atoms with Gasteiger partial charge in [0.15, 0.2) is 5.76 Å². The van der Waals surface area contributed by atoms with Crippen LogP contribution in [0.5, 0.6) is 0 Å². The molecule has 2 N–H and O–H groups in total. The highest BCUT2D eigenvalue weighted by Gasteiger charge is 2.17. The lowest BCUT2D eigenvalue weighted by molar-refractivity contribution is -0.384. The third kappa shape index (κ3) is 4.01. The van der Waals surface area contributed by atoms with Gasteiger partial charge in [-0.3, -0.25) is 14.9 Å². The van der Waals surface area contributed by atoms with Gasteiger partial charge in [-0.25, -0.2) is 4.68 Å². The second-order valence-corrected chi connectivity index (χ2v) is 6.72. The average molecular weight is 425 g/mol. The first-order valence-corrected chi connectivity index (χ1v) is 9.38. The van der Waals surface area contributed by atoms with Crippen LogP contribution in [-0.4, -0.2) is 20.6 Å². The number of carbonyl (C=O) groups excluding carboxylic acids is 1. The van der Waals surface area contributed by atoms with Gasteiger partial charge in [0.1, 0.15) is 23.1 Å². The maximum atomic E-state index is 11.6. The van der Waals surface area contributed by atoms with Crippen LogP contribution in [0.15, 0.2) is 82.9 Å². The summed E-state index contributed by atoms with van der Waals surface area (Å²) in [5.74, 6) is 0.0208. The van der Waals surface area contributed by atoms with Crippen molar-refractivity contribution < 1.29 is 14.1 Å². The van der Waals surface area contributed by atoms with Crippen molar-refractivity contribution in [2.24, 2.45) is 5.73 Å². The van der Waals surface area contributed by atoms with Crippen LogP contribution < -0.4 is 5.73 Å². The summed E-state index contributed by atoms with van der Waals surface area (Å²) in [6.07, 6.45) is 3.02. The number of para-hydroxylation sites is 1. The number of non-ortho nitro benzene ring substituents is 1. The number of benzene rings is 2. The Kier molecular flexibility index (Phi) is 5.34. The number of nitrogens with zero attached hydrogens (tertiary/aromatic N) is 4. The maximum Gasteiger partial charge on any atom is 0.269 e. The number of amides is 1. The molecule has 0 aliphatic heterocycles. The Morgan fingerprint density at radius 2 is 1.78 bits per heavy atom. The molecule has 4 aromatic rings. The molecule has 9 nitrogen and oxygen atoms in total. The fraction of sp³-hybridized carbons (Fsp3) is 0. The average Bonchev–Trinajstić information content (AvgIpc) is 3.45. The molecule has 0 fully saturated rings. The normalized spacial score (nSPS) is 11.2. The Morgan fingerprint density at radius 3 is 2.41 bits per heavy atom. The molecule has 2 aromatic heterocycles. The van der Waals surface area contributed by atoms with Crippen molar-refractivity contribution in [3.05, 3.63) is 94.2 Å². The first-order valence-electron chi connectivity index (χ1n) is 9.38. The fourth-order valence-electron chi connectivity index (χ4n) is 3.08. The van der Waals surface area contributed by atoms with Gasteiger partial charge in [0.2, 0.25) is 0 Å². The number of hydrogen-bond acceptors (Lipinski definition) is 6. The van der Waals surface area contributed by atoms with E-state index in [2.05, 4.69) is 5.10 Å². The SMILES string of the molecule is N#CC(=Cc1cn(-c2ccccc2)nc1-c1ccc(-c2ccc([N+](=O)[O-])cc2)o1)C(N)=O. The quantitative estimate of drug-likeness (QED) is 0.213. The molecule has 0 bridgehead atoms. The molecular formula is C23H15N5O4. The zero-order valence-corrected chi connectivity index (χ0v) is 16.5. The summed E-state index contributed by atoms with van der Waals surface area (Å²) >= 11 is 0. The molecule has 0 aliphatic rings. The molecule has 2 heterocycles. The summed E-state index contributed by atoms with van der Waals surface area (Å²) in [5, 5.41) is 24.7. The fourth-order valence-corrected chi connectivity index (χ4v) is 3.08.